The zero-order chi connectivity index (χ0) is 21.5. The lowest BCUT2D eigenvalue weighted by molar-refractivity contribution is 1.10. The van der Waals surface area contributed by atoms with E-state index < -0.39 is 0 Å². The molecule has 4 aromatic rings. The molecule has 0 N–H and O–H groups in total. The van der Waals surface area contributed by atoms with E-state index in [2.05, 4.69) is 110 Å². The van der Waals surface area contributed by atoms with Crippen molar-refractivity contribution >= 4 is 23.9 Å². The number of hydrogen-bond donors (Lipinski definition) is 0. The molecule has 0 aliphatic carbocycles. The van der Waals surface area contributed by atoms with Crippen molar-refractivity contribution in [2.45, 2.75) is 22.6 Å². The van der Waals surface area contributed by atoms with Crippen LogP contribution < -0.4 is 0 Å². The first-order valence-corrected chi connectivity index (χ1v) is 11.3. The van der Waals surface area contributed by atoms with Crippen LogP contribution >= 0.6 is 11.8 Å². The van der Waals surface area contributed by atoms with Crippen molar-refractivity contribution in [2.75, 3.05) is 0 Å². The van der Waals surface area contributed by atoms with E-state index in [1.165, 1.54) is 43.2 Å². The quantitative estimate of drug-likeness (QED) is 0.277. The van der Waals surface area contributed by atoms with Crippen LogP contribution in [0, 0.1) is 0 Å². The van der Waals surface area contributed by atoms with Gasteiger partial charge in [0.25, 0.3) is 0 Å². The maximum atomic E-state index is 4.06. The molecular weight excluding hydrogens is 392 g/mol. The molecule has 0 unspecified atom stereocenters. The van der Waals surface area contributed by atoms with E-state index in [4.69, 9.17) is 0 Å². The maximum Gasteiger partial charge on any atom is 0.0163 e. The predicted molar refractivity (Wildman–Crippen MR) is 136 cm³/mol. The molecule has 0 aliphatic rings. The summed E-state index contributed by atoms with van der Waals surface area (Å²) in [6.07, 6.45) is 5.71. The fourth-order valence-corrected chi connectivity index (χ4v) is 4.99. The van der Waals surface area contributed by atoms with Gasteiger partial charge in [-0.05, 0) is 58.4 Å². The van der Waals surface area contributed by atoms with Crippen molar-refractivity contribution in [1.29, 1.82) is 0 Å². The van der Waals surface area contributed by atoms with Crippen LogP contribution in [0.1, 0.15) is 33.4 Å². The van der Waals surface area contributed by atoms with E-state index in [0.29, 0.717) is 0 Å². The van der Waals surface area contributed by atoms with Crippen molar-refractivity contribution in [3.63, 3.8) is 0 Å². The van der Waals surface area contributed by atoms with Gasteiger partial charge >= 0.3 is 0 Å². The van der Waals surface area contributed by atoms with Crippen molar-refractivity contribution in [3.8, 4) is 0 Å². The smallest absolute Gasteiger partial charge is 0.0163 e. The molecule has 0 fully saturated rings. The molecule has 152 valence electrons. The first-order chi connectivity index (χ1) is 15.3. The molecule has 4 aromatic carbocycles. The SMILES string of the molecule is C=Cc1cccc(Sc2cccc(C=C)c2Cc2ccccc2)c1Cc1ccccc1. The lowest BCUT2D eigenvalue weighted by Gasteiger charge is -2.17. The van der Waals surface area contributed by atoms with Gasteiger partial charge in [0, 0.05) is 9.79 Å². The minimum absolute atomic E-state index is 0.889. The van der Waals surface area contributed by atoms with Gasteiger partial charge < -0.3 is 0 Å². The first-order valence-electron chi connectivity index (χ1n) is 10.5. The van der Waals surface area contributed by atoms with Gasteiger partial charge in [-0.2, -0.15) is 0 Å². The summed E-state index contributed by atoms with van der Waals surface area (Å²) in [6, 6.07) is 34.3. The Kier molecular flexibility index (Phi) is 6.86. The Balaban J connectivity index is 1.74. The van der Waals surface area contributed by atoms with Crippen LogP contribution in [0.15, 0.2) is 120 Å². The molecule has 0 aliphatic heterocycles. The van der Waals surface area contributed by atoms with Gasteiger partial charge in [-0.15, -0.1) is 0 Å². The Labute approximate surface area is 190 Å². The molecular formula is C30H26S. The number of benzene rings is 4. The Bertz CT molecular complexity index is 1080. The Hall–Kier alpha value is -3.29. The summed E-state index contributed by atoms with van der Waals surface area (Å²) in [7, 11) is 0. The molecule has 0 nitrogen and oxygen atoms in total. The highest BCUT2D eigenvalue weighted by Gasteiger charge is 2.13. The summed E-state index contributed by atoms with van der Waals surface area (Å²) < 4.78 is 0. The van der Waals surface area contributed by atoms with Gasteiger partial charge in [-0.25, -0.2) is 0 Å². The Morgan fingerprint density at radius 1 is 0.516 bits per heavy atom. The molecule has 0 spiro atoms. The second-order valence-electron chi connectivity index (χ2n) is 7.48. The minimum atomic E-state index is 0.889. The summed E-state index contributed by atoms with van der Waals surface area (Å²) in [4.78, 5) is 2.55. The molecule has 0 aromatic heterocycles. The van der Waals surface area contributed by atoms with Crippen LogP contribution in [0.4, 0.5) is 0 Å². The van der Waals surface area contributed by atoms with Crippen LogP contribution in [0.25, 0.3) is 12.2 Å². The van der Waals surface area contributed by atoms with Crippen LogP contribution in [0.3, 0.4) is 0 Å². The molecule has 0 bridgehead atoms. The minimum Gasteiger partial charge on any atom is -0.0985 e. The molecule has 1 heteroatoms. The predicted octanol–water partition coefficient (Wildman–Crippen LogP) is 8.31. The summed E-state index contributed by atoms with van der Waals surface area (Å²) in [5.74, 6) is 0. The van der Waals surface area contributed by atoms with E-state index in [-0.39, 0.29) is 0 Å². The third-order valence-corrected chi connectivity index (χ3v) is 6.65. The Morgan fingerprint density at radius 2 is 0.935 bits per heavy atom. The topological polar surface area (TPSA) is 0 Å². The highest BCUT2D eigenvalue weighted by atomic mass is 32.2. The van der Waals surface area contributed by atoms with Crippen molar-refractivity contribution in [1.82, 2.24) is 0 Å². The van der Waals surface area contributed by atoms with Gasteiger partial charge in [0.05, 0.1) is 0 Å². The number of rotatable bonds is 8. The standard InChI is InChI=1S/C30H26S/c1-3-25-17-11-19-29(27(25)21-23-13-7-5-8-14-23)31-30-20-12-18-26(4-2)28(30)22-24-15-9-6-10-16-24/h3-20H,1-2,21-22H2. The van der Waals surface area contributed by atoms with E-state index >= 15 is 0 Å². The molecule has 0 saturated heterocycles. The van der Waals surface area contributed by atoms with Gasteiger partial charge in [-0.1, -0.05) is 122 Å². The highest BCUT2D eigenvalue weighted by molar-refractivity contribution is 7.99. The molecule has 0 radical (unpaired) electrons. The lowest BCUT2D eigenvalue weighted by atomic mass is 9.99. The normalized spacial score (nSPS) is 10.6. The third-order valence-electron chi connectivity index (χ3n) is 5.45. The molecule has 0 heterocycles. The largest absolute Gasteiger partial charge is 0.0985 e. The summed E-state index contributed by atoms with van der Waals surface area (Å²) in [6.45, 7) is 8.12. The monoisotopic (exact) mass is 418 g/mol. The summed E-state index contributed by atoms with van der Waals surface area (Å²) in [5, 5.41) is 0. The van der Waals surface area contributed by atoms with Gasteiger partial charge in [0.1, 0.15) is 0 Å². The van der Waals surface area contributed by atoms with Gasteiger partial charge in [0.15, 0.2) is 0 Å². The van der Waals surface area contributed by atoms with Crippen molar-refractivity contribution in [3.05, 3.63) is 144 Å². The Morgan fingerprint density at radius 3 is 1.32 bits per heavy atom. The molecule has 4 rings (SSSR count). The maximum absolute atomic E-state index is 4.06. The fourth-order valence-electron chi connectivity index (χ4n) is 3.84. The van der Waals surface area contributed by atoms with Crippen LogP contribution in [0.5, 0.6) is 0 Å². The van der Waals surface area contributed by atoms with E-state index in [1.807, 2.05) is 23.9 Å². The lowest BCUT2D eigenvalue weighted by Crippen LogP contribution is -1.98. The first kappa shape index (κ1) is 21.0. The van der Waals surface area contributed by atoms with Crippen LogP contribution in [0.2, 0.25) is 0 Å². The second kappa shape index (κ2) is 10.1. The highest BCUT2D eigenvalue weighted by Crippen LogP contribution is 2.37. The molecule has 0 amide bonds. The average molecular weight is 419 g/mol. The van der Waals surface area contributed by atoms with E-state index in [0.717, 1.165) is 12.8 Å². The summed E-state index contributed by atoms with van der Waals surface area (Å²) in [5.41, 5.74) is 7.65. The van der Waals surface area contributed by atoms with E-state index in [1.54, 1.807) is 0 Å². The van der Waals surface area contributed by atoms with Crippen LogP contribution in [-0.2, 0) is 12.8 Å². The van der Waals surface area contributed by atoms with Crippen molar-refractivity contribution in [2.24, 2.45) is 0 Å². The summed E-state index contributed by atoms with van der Waals surface area (Å²) >= 11 is 1.84. The van der Waals surface area contributed by atoms with Gasteiger partial charge in [-0.3, -0.25) is 0 Å². The number of hydrogen-bond acceptors (Lipinski definition) is 1. The second-order valence-corrected chi connectivity index (χ2v) is 8.57. The van der Waals surface area contributed by atoms with Crippen LogP contribution in [-0.4, -0.2) is 0 Å². The zero-order valence-corrected chi connectivity index (χ0v) is 18.4. The molecule has 0 atom stereocenters. The zero-order valence-electron chi connectivity index (χ0n) is 17.6. The third kappa shape index (κ3) is 5.07. The van der Waals surface area contributed by atoms with Crippen molar-refractivity contribution < 1.29 is 0 Å². The van der Waals surface area contributed by atoms with E-state index in [9.17, 15) is 0 Å². The molecule has 31 heavy (non-hydrogen) atoms. The molecule has 0 saturated carbocycles. The fraction of sp³-hybridized carbons (Fsp3) is 0.0667. The van der Waals surface area contributed by atoms with Gasteiger partial charge in [0.2, 0.25) is 0 Å². The average Bonchev–Trinajstić information content (AvgIpc) is 2.82.